The van der Waals surface area contributed by atoms with Crippen molar-refractivity contribution in [2.75, 3.05) is 0 Å². The molecule has 0 aliphatic carbocycles. The summed E-state index contributed by atoms with van der Waals surface area (Å²) in [6.45, 7) is 1.27. The molecule has 2 nitrogen and oxygen atoms in total. The average molecular weight is 259 g/mol. The van der Waals surface area contributed by atoms with Gasteiger partial charge in [-0.15, -0.1) is 0 Å². The lowest BCUT2D eigenvalue weighted by Crippen LogP contribution is -2.09. The number of hydrogen-bond acceptors (Lipinski definition) is 2. The van der Waals surface area contributed by atoms with Gasteiger partial charge in [0.1, 0.15) is 0 Å². The third-order valence-corrected chi connectivity index (χ3v) is 2.90. The Balaban J connectivity index is 2.30. The highest BCUT2D eigenvalue weighted by Gasteiger charge is 2.10. The SMILES string of the molecule is CC(=O)C(=O)c1ccc(-c2ccc(Cl)cc2)cc1. The van der Waals surface area contributed by atoms with Crippen molar-refractivity contribution in [2.45, 2.75) is 6.92 Å². The molecule has 0 aliphatic rings. The van der Waals surface area contributed by atoms with Crippen molar-refractivity contribution < 1.29 is 9.59 Å². The van der Waals surface area contributed by atoms with E-state index in [9.17, 15) is 9.59 Å². The molecule has 0 bridgehead atoms. The van der Waals surface area contributed by atoms with E-state index >= 15 is 0 Å². The Labute approximate surface area is 110 Å². The topological polar surface area (TPSA) is 34.1 Å². The van der Waals surface area contributed by atoms with Crippen LogP contribution < -0.4 is 0 Å². The molecule has 2 rings (SSSR count). The zero-order chi connectivity index (χ0) is 13.1. The Bertz CT molecular complexity index is 583. The fraction of sp³-hybridized carbons (Fsp3) is 0.0667. The third kappa shape index (κ3) is 2.66. The summed E-state index contributed by atoms with van der Waals surface area (Å²) in [4.78, 5) is 22.4. The van der Waals surface area contributed by atoms with Crippen molar-refractivity contribution in [3.8, 4) is 11.1 Å². The first kappa shape index (κ1) is 12.5. The van der Waals surface area contributed by atoms with E-state index in [1.54, 1.807) is 12.1 Å². The van der Waals surface area contributed by atoms with Crippen LogP contribution in [0.4, 0.5) is 0 Å². The van der Waals surface area contributed by atoms with Crippen LogP contribution in [0.2, 0.25) is 5.02 Å². The molecule has 0 radical (unpaired) electrons. The molecule has 0 saturated carbocycles. The Morgan fingerprint density at radius 3 is 1.72 bits per heavy atom. The molecule has 0 atom stereocenters. The van der Waals surface area contributed by atoms with Gasteiger partial charge < -0.3 is 0 Å². The summed E-state index contributed by atoms with van der Waals surface area (Å²) in [7, 11) is 0. The van der Waals surface area contributed by atoms with E-state index in [0.29, 0.717) is 10.6 Å². The van der Waals surface area contributed by atoms with Crippen molar-refractivity contribution in [3.63, 3.8) is 0 Å². The van der Waals surface area contributed by atoms with Crippen LogP contribution in [0.5, 0.6) is 0 Å². The minimum absolute atomic E-state index is 0.417. The maximum Gasteiger partial charge on any atom is 0.228 e. The summed E-state index contributed by atoms with van der Waals surface area (Å²) < 4.78 is 0. The number of ketones is 2. The Morgan fingerprint density at radius 2 is 1.28 bits per heavy atom. The quantitative estimate of drug-likeness (QED) is 0.620. The molecule has 0 amide bonds. The lowest BCUT2D eigenvalue weighted by molar-refractivity contribution is -0.113. The normalized spacial score (nSPS) is 10.1. The van der Waals surface area contributed by atoms with Gasteiger partial charge in [-0.25, -0.2) is 0 Å². The van der Waals surface area contributed by atoms with Crippen LogP contribution in [-0.2, 0) is 4.79 Å². The van der Waals surface area contributed by atoms with Crippen molar-refractivity contribution in [1.29, 1.82) is 0 Å². The van der Waals surface area contributed by atoms with Gasteiger partial charge in [-0.2, -0.15) is 0 Å². The van der Waals surface area contributed by atoms with Crippen LogP contribution in [0, 0.1) is 0 Å². The molecule has 0 spiro atoms. The number of halogens is 1. The van der Waals surface area contributed by atoms with E-state index in [1.165, 1.54) is 6.92 Å². The van der Waals surface area contributed by atoms with Gasteiger partial charge in [0.15, 0.2) is 5.78 Å². The highest BCUT2D eigenvalue weighted by atomic mass is 35.5. The van der Waals surface area contributed by atoms with Gasteiger partial charge in [0.25, 0.3) is 0 Å². The lowest BCUT2D eigenvalue weighted by atomic mass is 10.0. The maximum atomic E-state index is 11.5. The van der Waals surface area contributed by atoms with Gasteiger partial charge in [-0.1, -0.05) is 48.0 Å². The van der Waals surface area contributed by atoms with Crippen LogP contribution in [0.15, 0.2) is 48.5 Å². The molecule has 90 valence electrons. The first-order valence-corrected chi connectivity index (χ1v) is 5.87. The predicted molar refractivity (Wildman–Crippen MR) is 71.9 cm³/mol. The number of Topliss-reactive ketones (excluding diaryl/α,β-unsaturated/α-hetero) is 2. The first-order valence-electron chi connectivity index (χ1n) is 5.49. The van der Waals surface area contributed by atoms with Crippen molar-refractivity contribution in [2.24, 2.45) is 0 Å². The van der Waals surface area contributed by atoms with Gasteiger partial charge in [0, 0.05) is 17.5 Å². The van der Waals surface area contributed by atoms with Gasteiger partial charge >= 0.3 is 0 Å². The monoisotopic (exact) mass is 258 g/mol. The first-order chi connectivity index (χ1) is 8.58. The molecule has 3 heteroatoms. The van der Waals surface area contributed by atoms with E-state index < -0.39 is 11.6 Å². The second-order valence-electron chi connectivity index (χ2n) is 3.97. The van der Waals surface area contributed by atoms with E-state index in [1.807, 2.05) is 36.4 Å². The number of benzene rings is 2. The Hall–Kier alpha value is -1.93. The number of carbonyl (C=O) groups excluding carboxylic acids is 2. The zero-order valence-corrected chi connectivity index (χ0v) is 10.6. The van der Waals surface area contributed by atoms with Crippen molar-refractivity contribution >= 4 is 23.2 Å². The summed E-state index contributed by atoms with van der Waals surface area (Å²) in [6, 6.07) is 14.4. The maximum absolute atomic E-state index is 11.5. The standard InChI is InChI=1S/C15H11ClO2/c1-10(17)15(18)13-4-2-11(3-5-13)12-6-8-14(16)9-7-12/h2-9H,1H3. The fourth-order valence-corrected chi connectivity index (χ4v) is 1.79. The van der Waals surface area contributed by atoms with Crippen LogP contribution in [-0.4, -0.2) is 11.6 Å². The third-order valence-electron chi connectivity index (χ3n) is 2.64. The molecular formula is C15H11ClO2. The molecule has 2 aromatic carbocycles. The van der Waals surface area contributed by atoms with E-state index in [4.69, 9.17) is 11.6 Å². The highest BCUT2D eigenvalue weighted by molar-refractivity contribution is 6.42. The van der Waals surface area contributed by atoms with E-state index in [0.717, 1.165) is 11.1 Å². The molecule has 18 heavy (non-hydrogen) atoms. The second-order valence-corrected chi connectivity index (χ2v) is 4.41. The number of carbonyl (C=O) groups is 2. The second kappa shape index (κ2) is 5.15. The van der Waals surface area contributed by atoms with Crippen LogP contribution in [0.1, 0.15) is 17.3 Å². The molecule has 0 N–H and O–H groups in total. The van der Waals surface area contributed by atoms with E-state index in [-0.39, 0.29) is 0 Å². The largest absolute Gasteiger partial charge is 0.291 e. The summed E-state index contributed by atoms with van der Waals surface area (Å²) in [5, 5.41) is 0.683. The summed E-state index contributed by atoms with van der Waals surface area (Å²) >= 11 is 5.82. The Morgan fingerprint density at radius 1 is 0.833 bits per heavy atom. The summed E-state index contributed by atoms with van der Waals surface area (Å²) in [5.74, 6) is -0.910. The smallest absolute Gasteiger partial charge is 0.228 e. The minimum atomic E-state index is -0.461. The lowest BCUT2D eigenvalue weighted by Gasteiger charge is -2.03. The number of rotatable bonds is 3. The highest BCUT2D eigenvalue weighted by Crippen LogP contribution is 2.22. The molecule has 0 aromatic heterocycles. The average Bonchev–Trinajstić information content (AvgIpc) is 2.39. The molecule has 2 aromatic rings. The summed E-state index contributed by atoms with van der Waals surface area (Å²) in [5.41, 5.74) is 2.41. The number of hydrogen-bond donors (Lipinski definition) is 0. The van der Waals surface area contributed by atoms with Crippen molar-refractivity contribution in [3.05, 3.63) is 59.1 Å². The zero-order valence-electron chi connectivity index (χ0n) is 9.81. The van der Waals surface area contributed by atoms with Gasteiger partial charge in [-0.3, -0.25) is 9.59 Å². The minimum Gasteiger partial charge on any atom is -0.291 e. The molecule has 0 fully saturated rings. The molecular weight excluding hydrogens is 248 g/mol. The molecule has 0 aliphatic heterocycles. The van der Waals surface area contributed by atoms with E-state index in [2.05, 4.69) is 0 Å². The van der Waals surface area contributed by atoms with Gasteiger partial charge in [0.2, 0.25) is 5.78 Å². The van der Waals surface area contributed by atoms with Gasteiger partial charge in [-0.05, 0) is 23.3 Å². The predicted octanol–water partition coefficient (Wildman–Crippen LogP) is 3.78. The molecule has 0 unspecified atom stereocenters. The summed E-state index contributed by atoms with van der Waals surface area (Å²) in [6.07, 6.45) is 0. The van der Waals surface area contributed by atoms with Crippen LogP contribution in [0.3, 0.4) is 0 Å². The molecule has 0 saturated heterocycles. The Kier molecular flexibility index (Phi) is 3.58. The van der Waals surface area contributed by atoms with Crippen LogP contribution in [0.25, 0.3) is 11.1 Å². The van der Waals surface area contributed by atoms with Gasteiger partial charge in [0.05, 0.1) is 0 Å². The van der Waals surface area contributed by atoms with Crippen LogP contribution >= 0.6 is 11.6 Å². The fourth-order valence-electron chi connectivity index (χ4n) is 1.66. The molecule has 0 heterocycles. The van der Waals surface area contributed by atoms with Crippen molar-refractivity contribution in [1.82, 2.24) is 0 Å².